The van der Waals surface area contributed by atoms with Gasteiger partial charge < -0.3 is 30.5 Å². The van der Waals surface area contributed by atoms with E-state index in [1.54, 1.807) is 26.0 Å². The lowest BCUT2D eigenvalue weighted by atomic mass is 10.0. The number of rotatable bonds is 12. The molecule has 0 saturated heterocycles. The third-order valence-electron chi connectivity index (χ3n) is 5.01. The van der Waals surface area contributed by atoms with E-state index in [1.165, 1.54) is 14.0 Å². The number of hydrogen-bond acceptors (Lipinski definition) is 7. The maximum atomic E-state index is 12.9. The van der Waals surface area contributed by atoms with Gasteiger partial charge in [-0.25, -0.2) is 9.59 Å². The number of aliphatic hydroxyl groups excluding tert-OH is 1. The molecule has 0 radical (unpaired) electrons. The highest BCUT2D eigenvalue weighted by Crippen LogP contribution is 2.09. The van der Waals surface area contributed by atoms with Crippen molar-refractivity contribution in [2.45, 2.75) is 71.9 Å². The number of carbonyl (C=O) groups excluding carboxylic acids is 4. The van der Waals surface area contributed by atoms with E-state index in [-0.39, 0.29) is 18.4 Å². The predicted octanol–water partition coefficient (Wildman–Crippen LogP) is 1.51. The van der Waals surface area contributed by atoms with Crippen LogP contribution in [0.25, 0.3) is 0 Å². The molecule has 0 spiro atoms. The molecule has 1 aromatic carbocycles. The third-order valence-corrected chi connectivity index (χ3v) is 5.01. The summed E-state index contributed by atoms with van der Waals surface area (Å²) >= 11 is 0. The predicted molar refractivity (Wildman–Crippen MR) is 125 cm³/mol. The number of benzene rings is 1. The summed E-state index contributed by atoms with van der Waals surface area (Å²) in [4.78, 5) is 50.0. The van der Waals surface area contributed by atoms with Crippen LogP contribution in [-0.2, 0) is 30.5 Å². The summed E-state index contributed by atoms with van der Waals surface area (Å²) < 4.78 is 9.92. The van der Waals surface area contributed by atoms with E-state index in [1.807, 2.05) is 32.0 Å². The largest absolute Gasteiger partial charge is 0.467 e. The van der Waals surface area contributed by atoms with Gasteiger partial charge in [0, 0.05) is 0 Å². The van der Waals surface area contributed by atoms with Crippen molar-refractivity contribution >= 4 is 23.9 Å². The Hall–Kier alpha value is -3.14. The number of nitrogens with one attached hydrogen (secondary N) is 3. The van der Waals surface area contributed by atoms with E-state index in [0.717, 1.165) is 5.56 Å². The van der Waals surface area contributed by atoms with Crippen LogP contribution in [0.1, 0.15) is 46.6 Å². The molecule has 0 aliphatic rings. The van der Waals surface area contributed by atoms with Crippen LogP contribution < -0.4 is 16.0 Å². The second-order valence-electron chi connectivity index (χ2n) is 8.87. The van der Waals surface area contributed by atoms with E-state index in [9.17, 15) is 24.3 Å². The summed E-state index contributed by atoms with van der Waals surface area (Å²) in [5.41, 5.74) is 0.788. The molecule has 0 aliphatic heterocycles. The molecule has 0 fully saturated rings. The molecule has 4 unspecified atom stereocenters. The fourth-order valence-corrected chi connectivity index (χ4v) is 3.16. The van der Waals surface area contributed by atoms with Gasteiger partial charge in [-0.1, -0.05) is 58.0 Å². The number of esters is 1. The molecule has 4 atom stereocenters. The SMILES string of the molecule is COC(=O)C(CC(C)C)NC(=O)C(NC(=O)C(NC(=O)OCc1ccccc1)C(C)C)C(C)O. The molecule has 3 amide bonds. The molecule has 0 bridgehead atoms. The minimum absolute atomic E-state index is 0.0303. The molecule has 0 saturated carbocycles. The van der Waals surface area contributed by atoms with Crippen molar-refractivity contribution in [1.29, 1.82) is 0 Å². The first kappa shape index (κ1) is 28.9. The molecule has 1 aromatic rings. The fraction of sp³-hybridized carbons (Fsp3) is 0.583. The zero-order chi connectivity index (χ0) is 25.8. The van der Waals surface area contributed by atoms with Crippen LogP contribution in [0.4, 0.5) is 4.79 Å². The number of amides is 3. The summed E-state index contributed by atoms with van der Waals surface area (Å²) in [7, 11) is 1.21. The van der Waals surface area contributed by atoms with Crippen molar-refractivity contribution in [3.8, 4) is 0 Å². The van der Waals surface area contributed by atoms with E-state index in [2.05, 4.69) is 16.0 Å². The topological polar surface area (TPSA) is 143 Å². The maximum Gasteiger partial charge on any atom is 0.408 e. The lowest BCUT2D eigenvalue weighted by Crippen LogP contribution is -2.60. The quantitative estimate of drug-likeness (QED) is 0.333. The summed E-state index contributed by atoms with van der Waals surface area (Å²) in [6, 6.07) is 5.76. The third kappa shape index (κ3) is 9.78. The minimum atomic E-state index is -1.35. The van der Waals surface area contributed by atoms with Crippen molar-refractivity contribution in [3.63, 3.8) is 0 Å². The van der Waals surface area contributed by atoms with Gasteiger partial charge >= 0.3 is 12.1 Å². The first-order valence-corrected chi connectivity index (χ1v) is 11.3. The Morgan fingerprint density at radius 1 is 0.882 bits per heavy atom. The number of methoxy groups -OCH3 is 1. The van der Waals surface area contributed by atoms with Crippen molar-refractivity contribution in [2.75, 3.05) is 7.11 Å². The zero-order valence-corrected chi connectivity index (χ0v) is 20.7. The van der Waals surface area contributed by atoms with Crippen molar-refractivity contribution in [3.05, 3.63) is 35.9 Å². The number of ether oxygens (including phenoxy) is 2. The van der Waals surface area contributed by atoms with Gasteiger partial charge in [0.25, 0.3) is 0 Å². The molecular formula is C24H37N3O7. The molecule has 34 heavy (non-hydrogen) atoms. The van der Waals surface area contributed by atoms with Gasteiger partial charge in [0.1, 0.15) is 24.7 Å². The first-order chi connectivity index (χ1) is 16.0. The van der Waals surface area contributed by atoms with Crippen molar-refractivity contribution < 1.29 is 33.8 Å². The highest BCUT2D eigenvalue weighted by atomic mass is 16.5. The van der Waals surface area contributed by atoms with E-state index in [4.69, 9.17) is 9.47 Å². The van der Waals surface area contributed by atoms with Crippen LogP contribution in [0.2, 0.25) is 0 Å². The zero-order valence-electron chi connectivity index (χ0n) is 20.7. The smallest absolute Gasteiger partial charge is 0.408 e. The first-order valence-electron chi connectivity index (χ1n) is 11.3. The second-order valence-corrected chi connectivity index (χ2v) is 8.87. The average molecular weight is 480 g/mol. The lowest BCUT2D eigenvalue weighted by molar-refractivity contribution is -0.146. The Bertz CT molecular complexity index is 812. The van der Waals surface area contributed by atoms with Gasteiger partial charge in [-0.05, 0) is 30.7 Å². The average Bonchev–Trinajstić information content (AvgIpc) is 2.78. The fourth-order valence-electron chi connectivity index (χ4n) is 3.16. The number of alkyl carbamates (subject to hydrolysis) is 1. The van der Waals surface area contributed by atoms with E-state index >= 15 is 0 Å². The Morgan fingerprint density at radius 2 is 1.47 bits per heavy atom. The van der Waals surface area contributed by atoms with E-state index in [0.29, 0.717) is 6.42 Å². The molecule has 4 N–H and O–H groups in total. The standard InChI is InChI=1S/C24H37N3O7/c1-14(2)12-18(23(31)33-6)25-22(30)20(16(5)28)26-21(29)19(15(3)4)27-24(32)34-13-17-10-8-7-9-11-17/h7-11,14-16,18-20,28H,12-13H2,1-6H3,(H,25,30)(H,26,29)(H,27,32). The molecule has 0 aliphatic carbocycles. The molecule has 0 aromatic heterocycles. The van der Waals surface area contributed by atoms with Crippen LogP contribution in [0.5, 0.6) is 0 Å². The van der Waals surface area contributed by atoms with E-state index < -0.39 is 48.1 Å². The Balaban J connectivity index is 2.83. The maximum absolute atomic E-state index is 12.9. The molecule has 0 heterocycles. The lowest BCUT2D eigenvalue weighted by Gasteiger charge is -2.27. The van der Waals surface area contributed by atoms with Gasteiger partial charge in [0.2, 0.25) is 11.8 Å². The Labute approximate surface area is 200 Å². The number of hydrogen-bond donors (Lipinski definition) is 4. The molecular weight excluding hydrogens is 442 g/mol. The monoisotopic (exact) mass is 479 g/mol. The van der Waals surface area contributed by atoms with Crippen molar-refractivity contribution in [1.82, 2.24) is 16.0 Å². The normalized spacial score (nSPS) is 14.5. The minimum Gasteiger partial charge on any atom is -0.467 e. The molecule has 190 valence electrons. The van der Waals surface area contributed by atoms with Crippen LogP contribution in [-0.4, -0.2) is 60.3 Å². The summed E-state index contributed by atoms with van der Waals surface area (Å²) in [5, 5.41) is 17.6. The highest BCUT2D eigenvalue weighted by Gasteiger charge is 2.33. The van der Waals surface area contributed by atoms with Crippen LogP contribution in [0, 0.1) is 11.8 Å². The highest BCUT2D eigenvalue weighted by molar-refractivity contribution is 5.93. The van der Waals surface area contributed by atoms with Gasteiger partial charge in [-0.15, -0.1) is 0 Å². The van der Waals surface area contributed by atoms with Crippen LogP contribution in [0.3, 0.4) is 0 Å². The summed E-state index contributed by atoms with van der Waals surface area (Å²) in [5.74, 6) is -2.30. The number of carbonyl (C=O) groups is 4. The number of aliphatic hydroxyl groups is 1. The van der Waals surface area contributed by atoms with Gasteiger partial charge in [-0.3, -0.25) is 9.59 Å². The summed E-state index contributed by atoms with van der Waals surface area (Å²) in [6.07, 6.45) is -1.74. The molecule has 10 nitrogen and oxygen atoms in total. The Morgan fingerprint density at radius 3 is 1.97 bits per heavy atom. The molecule has 10 heteroatoms. The summed E-state index contributed by atoms with van der Waals surface area (Å²) in [6.45, 7) is 8.57. The van der Waals surface area contributed by atoms with Gasteiger partial charge in [-0.2, -0.15) is 0 Å². The van der Waals surface area contributed by atoms with Gasteiger partial charge in [0.15, 0.2) is 0 Å². The van der Waals surface area contributed by atoms with Crippen molar-refractivity contribution in [2.24, 2.45) is 11.8 Å². The Kier molecular flexibility index (Phi) is 12.1. The van der Waals surface area contributed by atoms with Crippen LogP contribution in [0.15, 0.2) is 30.3 Å². The van der Waals surface area contributed by atoms with Gasteiger partial charge in [0.05, 0.1) is 13.2 Å². The molecule has 1 rings (SSSR count). The van der Waals surface area contributed by atoms with Crippen LogP contribution >= 0.6 is 0 Å². The second kappa shape index (κ2) is 14.2.